The van der Waals surface area contributed by atoms with Crippen molar-refractivity contribution in [2.24, 2.45) is 17.3 Å². The minimum Gasteiger partial charge on any atom is -0.378 e. The van der Waals surface area contributed by atoms with Crippen molar-refractivity contribution in [1.29, 1.82) is 0 Å². The summed E-state index contributed by atoms with van der Waals surface area (Å²) in [5.41, 5.74) is 5.00. The van der Waals surface area contributed by atoms with E-state index in [9.17, 15) is 0 Å². The SMILES string of the molecule is CC(C)CCN1CCN(c2ccc(N3CCOCC3)cc2C2CCC(C(C)(C)C)CC2)CC1. The molecule has 0 spiro atoms. The van der Waals surface area contributed by atoms with Gasteiger partial charge in [0.1, 0.15) is 0 Å². The van der Waals surface area contributed by atoms with Gasteiger partial charge in [-0.1, -0.05) is 34.6 Å². The summed E-state index contributed by atoms with van der Waals surface area (Å²) >= 11 is 0. The van der Waals surface area contributed by atoms with Crippen LogP contribution in [0.15, 0.2) is 18.2 Å². The first-order valence-corrected chi connectivity index (χ1v) is 13.7. The fourth-order valence-corrected chi connectivity index (χ4v) is 6.10. The molecule has 1 aromatic carbocycles. The van der Waals surface area contributed by atoms with Crippen LogP contribution in [0, 0.1) is 17.3 Å². The number of benzene rings is 1. The molecule has 2 aliphatic heterocycles. The zero-order valence-electron chi connectivity index (χ0n) is 22.1. The molecule has 0 atom stereocenters. The first-order chi connectivity index (χ1) is 15.8. The van der Waals surface area contributed by atoms with Crippen molar-refractivity contribution in [3.63, 3.8) is 0 Å². The lowest BCUT2D eigenvalue weighted by atomic mass is 9.68. The summed E-state index contributed by atoms with van der Waals surface area (Å²) in [6.07, 6.45) is 6.75. The number of hydrogen-bond acceptors (Lipinski definition) is 4. The van der Waals surface area contributed by atoms with Crippen LogP contribution in [0.1, 0.15) is 78.2 Å². The summed E-state index contributed by atoms with van der Waals surface area (Å²) in [5.74, 6) is 2.37. The highest BCUT2D eigenvalue weighted by Crippen LogP contribution is 2.46. The number of morpholine rings is 1. The second kappa shape index (κ2) is 11.0. The quantitative estimate of drug-likeness (QED) is 0.523. The molecule has 0 radical (unpaired) electrons. The zero-order chi connectivity index (χ0) is 23.4. The number of nitrogens with zero attached hydrogens (tertiary/aromatic N) is 3. The molecule has 0 amide bonds. The van der Waals surface area contributed by atoms with Crippen LogP contribution >= 0.6 is 0 Å². The monoisotopic (exact) mass is 455 g/mol. The zero-order valence-corrected chi connectivity index (χ0v) is 22.1. The summed E-state index contributed by atoms with van der Waals surface area (Å²) < 4.78 is 5.62. The largest absolute Gasteiger partial charge is 0.378 e. The van der Waals surface area contributed by atoms with Crippen LogP contribution < -0.4 is 9.80 Å². The summed E-state index contributed by atoms with van der Waals surface area (Å²) in [6.45, 7) is 21.7. The van der Waals surface area contributed by atoms with Gasteiger partial charge in [0.25, 0.3) is 0 Å². The average Bonchev–Trinajstić information content (AvgIpc) is 2.83. The van der Waals surface area contributed by atoms with E-state index in [0.717, 1.165) is 38.1 Å². The molecule has 0 N–H and O–H groups in total. The second-order valence-corrected chi connectivity index (χ2v) is 12.3. The third-order valence-electron chi connectivity index (χ3n) is 8.51. The summed E-state index contributed by atoms with van der Waals surface area (Å²) in [7, 11) is 0. The van der Waals surface area contributed by atoms with Crippen LogP contribution in [-0.4, -0.2) is 63.9 Å². The van der Waals surface area contributed by atoms with E-state index in [4.69, 9.17) is 4.74 Å². The Kier molecular flexibility index (Phi) is 8.28. The molecule has 0 unspecified atom stereocenters. The van der Waals surface area contributed by atoms with E-state index in [2.05, 4.69) is 67.5 Å². The van der Waals surface area contributed by atoms with Crippen LogP contribution in [0.4, 0.5) is 11.4 Å². The Morgan fingerprint density at radius 1 is 0.879 bits per heavy atom. The van der Waals surface area contributed by atoms with Gasteiger partial charge in [0.2, 0.25) is 0 Å². The molecule has 4 rings (SSSR count). The second-order valence-electron chi connectivity index (χ2n) is 12.3. The Labute approximate surface area is 203 Å². The minimum atomic E-state index is 0.440. The van der Waals surface area contributed by atoms with Crippen LogP contribution in [0.2, 0.25) is 0 Å². The molecule has 0 aromatic heterocycles. The molecule has 1 aromatic rings. The molecule has 1 aliphatic carbocycles. The van der Waals surface area contributed by atoms with Gasteiger partial charge in [-0.2, -0.15) is 0 Å². The maximum Gasteiger partial charge on any atom is 0.0642 e. The Hall–Kier alpha value is -1.26. The maximum atomic E-state index is 5.62. The van der Waals surface area contributed by atoms with Gasteiger partial charge in [-0.25, -0.2) is 0 Å². The van der Waals surface area contributed by atoms with Crippen LogP contribution in [0.5, 0.6) is 0 Å². The van der Waals surface area contributed by atoms with Gasteiger partial charge in [-0.05, 0) is 85.6 Å². The molecular formula is C29H49N3O. The molecule has 0 bridgehead atoms. The molecule has 2 heterocycles. The lowest BCUT2D eigenvalue weighted by molar-refractivity contribution is 0.122. The van der Waals surface area contributed by atoms with Crippen molar-refractivity contribution >= 4 is 11.4 Å². The van der Waals surface area contributed by atoms with E-state index >= 15 is 0 Å². The van der Waals surface area contributed by atoms with Gasteiger partial charge in [-0.3, -0.25) is 4.90 Å². The normalized spacial score (nSPS) is 25.6. The fraction of sp³-hybridized carbons (Fsp3) is 0.793. The van der Waals surface area contributed by atoms with E-state index < -0.39 is 0 Å². The van der Waals surface area contributed by atoms with E-state index in [1.807, 2.05) is 0 Å². The standard InChI is InChI=1S/C29H49N3O/c1-23(2)12-13-30-14-16-32(17-15-30)28-11-10-26(31-18-20-33-21-19-31)22-27(28)24-6-8-25(9-7-24)29(3,4)5/h10-11,22-25H,6-9,12-21H2,1-5H3. The summed E-state index contributed by atoms with van der Waals surface area (Å²) in [5, 5.41) is 0. The predicted octanol–water partition coefficient (Wildman–Crippen LogP) is 6.01. The van der Waals surface area contributed by atoms with Crippen LogP contribution in [-0.2, 0) is 4.74 Å². The molecule has 33 heavy (non-hydrogen) atoms. The van der Waals surface area contributed by atoms with Crippen molar-refractivity contribution in [2.45, 2.75) is 72.6 Å². The molecule has 4 nitrogen and oxygen atoms in total. The van der Waals surface area contributed by atoms with Crippen molar-refractivity contribution in [1.82, 2.24) is 4.90 Å². The number of piperazine rings is 1. The third kappa shape index (κ3) is 6.45. The van der Waals surface area contributed by atoms with Crippen molar-refractivity contribution in [3.05, 3.63) is 23.8 Å². The Bertz CT molecular complexity index is 734. The summed E-state index contributed by atoms with van der Waals surface area (Å²) in [4.78, 5) is 7.90. The van der Waals surface area contributed by atoms with Gasteiger partial charge in [0, 0.05) is 50.6 Å². The topological polar surface area (TPSA) is 19.0 Å². The average molecular weight is 456 g/mol. The van der Waals surface area contributed by atoms with Crippen molar-refractivity contribution < 1.29 is 4.74 Å². The number of ether oxygens (including phenoxy) is 1. The number of rotatable bonds is 6. The lowest BCUT2D eigenvalue weighted by Crippen LogP contribution is -2.47. The van der Waals surface area contributed by atoms with Gasteiger partial charge < -0.3 is 14.5 Å². The number of hydrogen-bond donors (Lipinski definition) is 0. The smallest absolute Gasteiger partial charge is 0.0642 e. The molecule has 3 fully saturated rings. The third-order valence-corrected chi connectivity index (χ3v) is 8.51. The van der Waals surface area contributed by atoms with Crippen molar-refractivity contribution in [3.8, 4) is 0 Å². The Morgan fingerprint density at radius 3 is 2.15 bits per heavy atom. The van der Waals surface area contributed by atoms with Crippen LogP contribution in [0.25, 0.3) is 0 Å². The van der Waals surface area contributed by atoms with Gasteiger partial charge in [-0.15, -0.1) is 0 Å². The van der Waals surface area contributed by atoms with Gasteiger partial charge in [0.05, 0.1) is 13.2 Å². The first kappa shape index (κ1) is 24.9. The molecular weight excluding hydrogens is 406 g/mol. The molecule has 1 saturated carbocycles. The molecule has 186 valence electrons. The van der Waals surface area contributed by atoms with E-state index in [1.165, 1.54) is 76.2 Å². The van der Waals surface area contributed by atoms with E-state index in [1.54, 1.807) is 5.56 Å². The van der Waals surface area contributed by atoms with E-state index in [-0.39, 0.29) is 0 Å². The Balaban J connectivity index is 1.50. The minimum absolute atomic E-state index is 0.440. The van der Waals surface area contributed by atoms with Gasteiger partial charge >= 0.3 is 0 Å². The maximum absolute atomic E-state index is 5.62. The molecule has 3 aliphatic rings. The first-order valence-electron chi connectivity index (χ1n) is 13.7. The highest BCUT2D eigenvalue weighted by molar-refractivity contribution is 5.63. The van der Waals surface area contributed by atoms with Crippen molar-refractivity contribution in [2.75, 3.05) is 68.8 Å². The predicted molar refractivity (Wildman–Crippen MR) is 142 cm³/mol. The Morgan fingerprint density at radius 2 is 1.55 bits per heavy atom. The van der Waals surface area contributed by atoms with E-state index in [0.29, 0.717) is 11.3 Å². The fourth-order valence-electron chi connectivity index (χ4n) is 6.10. The lowest BCUT2D eigenvalue weighted by Gasteiger charge is -2.41. The highest BCUT2D eigenvalue weighted by atomic mass is 16.5. The highest BCUT2D eigenvalue weighted by Gasteiger charge is 2.32. The van der Waals surface area contributed by atoms with Crippen LogP contribution in [0.3, 0.4) is 0 Å². The summed E-state index contributed by atoms with van der Waals surface area (Å²) in [6, 6.07) is 7.41. The molecule has 4 heteroatoms. The van der Waals surface area contributed by atoms with Gasteiger partial charge in [0.15, 0.2) is 0 Å². The number of anilines is 2. The molecule has 2 saturated heterocycles.